The Kier molecular flexibility index (Phi) is 2.83. The van der Waals surface area contributed by atoms with E-state index in [2.05, 4.69) is 72.2 Å². The predicted molar refractivity (Wildman–Crippen MR) is 70.7 cm³/mol. The molecule has 0 fully saturated rings. The number of hydrogen-bond acceptors (Lipinski definition) is 0. The predicted octanol–water partition coefficient (Wildman–Crippen LogP) is 4.56. The first kappa shape index (κ1) is 10.7. The molecule has 0 bridgehead atoms. The summed E-state index contributed by atoms with van der Waals surface area (Å²) in [5, 5.41) is 2.64. The summed E-state index contributed by atoms with van der Waals surface area (Å²) in [4.78, 5) is 0. The maximum Gasteiger partial charge on any atom is 0.0242 e. The normalized spacial score (nSPS) is 11.9. The van der Waals surface area contributed by atoms with E-state index in [1.807, 2.05) is 0 Å². The van der Waals surface area contributed by atoms with Gasteiger partial charge in [-0.3, -0.25) is 0 Å². The van der Waals surface area contributed by atoms with Gasteiger partial charge in [-0.1, -0.05) is 58.4 Å². The van der Waals surface area contributed by atoms with E-state index in [0.29, 0.717) is 0 Å². The molecule has 78 valence electrons. The lowest BCUT2D eigenvalue weighted by Crippen LogP contribution is -2.12. The minimum atomic E-state index is 0.176. The Morgan fingerprint density at radius 3 is 2.33 bits per heavy atom. The molecule has 0 amide bonds. The van der Waals surface area contributed by atoms with Crippen LogP contribution in [0.3, 0.4) is 0 Å². The van der Waals surface area contributed by atoms with E-state index in [4.69, 9.17) is 0 Å². The first-order valence-corrected chi connectivity index (χ1v) is 6.00. The molecule has 0 aliphatic rings. The zero-order valence-electron chi connectivity index (χ0n) is 9.13. The molecule has 0 saturated heterocycles. The van der Waals surface area contributed by atoms with E-state index in [9.17, 15) is 0 Å². The van der Waals surface area contributed by atoms with Gasteiger partial charge in [-0.25, -0.2) is 0 Å². The van der Waals surface area contributed by atoms with Gasteiger partial charge >= 0.3 is 0 Å². The van der Waals surface area contributed by atoms with Crippen molar-refractivity contribution in [3.05, 3.63) is 48.0 Å². The van der Waals surface area contributed by atoms with Crippen molar-refractivity contribution in [2.75, 3.05) is 0 Å². The van der Waals surface area contributed by atoms with Crippen LogP contribution in [-0.4, -0.2) is 4.32 Å². The lowest BCUT2D eigenvalue weighted by atomic mass is 10.00. The van der Waals surface area contributed by atoms with Gasteiger partial charge in [0.1, 0.15) is 0 Å². The average molecular weight is 263 g/mol. The van der Waals surface area contributed by atoms with Crippen LogP contribution in [0.25, 0.3) is 10.8 Å². The highest BCUT2D eigenvalue weighted by atomic mass is 79.9. The molecule has 2 rings (SSSR count). The minimum absolute atomic E-state index is 0.176. The highest BCUT2D eigenvalue weighted by Gasteiger charge is 2.13. The first-order chi connectivity index (χ1) is 7.04. The molecule has 0 aliphatic heterocycles. The van der Waals surface area contributed by atoms with Crippen LogP contribution in [0.4, 0.5) is 0 Å². The van der Waals surface area contributed by atoms with E-state index in [1.54, 1.807) is 0 Å². The van der Waals surface area contributed by atoms with E-state index >= 15 is 0 Å². The van der Waals surface area contributed by atoms with Crippen LogP contribution in [0.5, 0.6) is 0 Å². The number of benzene rings is 2. The van der Waals surface area contributed by atoms with E-state index < -0.39 is 0 Å². The fourth-order valence-electron chi connectivity index (χ4n) is 1.83. The molecular weight excluding hydrogens is 248 g/mol. The second kappa shape index (κ2) is 3.97. The number of halogens is 1. The van der Waals surface area contributed by atoms with Gasteiger partial charge in [0.25, 0.3) is 0 Å². The van der Waals surface area contributed by atoms with Gasteiger partial charge in [0.05, 0.1) is 0 Å². The molecule has 0 heterocycles. The Morgan fingerprint density at radius 1 is 1.00 bits per heavy atom. The van der Waals surface area contributed by atoms with Gasteiger partial charge in [0, 0.05) is 4.32 Å². The van der Waals surface area contributed by atoms with Crippen LogP contribution in [0.1, 0.15) is 19.4 Å². The van der Waals surface area contributed by atoms with E-state index in [-0.39, 0.29) is 4.32 Å². The van der Waals surface area contributed by atoms with Crippen LogP contribution >= 0.6 is 15.9 Å². The summed E-state index contributed by atoms with van der Waals surface area (Å²) in [5.41, 5.74) is 1.38. The summed E-state index contributed by atoms with van der Waals surface area (Å²) in [6.07, 6.45) is 1.05. The highest BCUT2D eigenvalue weighted by Crippen LogP contribution is 2.24. The number of fused-ring (bicyclic) bond motifs is 1. The highest BCUT2D eigenvalue weighted by molar-refractivity contribution is 9.10. The first-order valence-electron chi connectivity index (χ1n) is 5.21. The van der Waals surface area contributed by atoms with Crippen molar-refractivity contribution in [1.82, 2.24) is 0 Å². The molecule has 0 atom stereocenters. The number of alkyl halides is 1. The van der Waals surface area contributed by atoms with Crippen LogP contribution in [-0.2, 0) is 6.42 Å². The zero-order chi connectivity index (χ0) is 10.9. The maximum atomic E-state index is 3.68. The smallest absolute Gasteiger partial charge is 0.0242 e. The number of hydrogen-bond donors (Lipinski definition) is 0. The van der Waals surface area contributed by atoms with Crippen LogP contribution in [0.15, 0.2) is 42.5 Å². The molecule has 15 heavy (non-hydrogen) atoms. The summed E-state index contributed by atoms with van der Waals surface area (Å²) < 4.78 is 0.176. The van der Waals surface area contributed by atoms with Gasteiger partial charge in [-0.2, -0.15) is 0 Å². The summed E-state index contributed by atoms with van der Waals surface area (Å²) in [7, 11) is 0. The van der Waals surface area contributed by atoms with Crippen molar-refractivity contribution in [2.45, 2.75) is 24.6 Å². The summed E-state index contributed by atoms with van der Waals surface area (Å²) in [5.74, 6) is 0. The third kappa shape index (κ3) is 2.82. The maximum absolute atomic E-state index is 3.68. The third-order valence-electron chi connectivity index (χ3n) is 2.44. The van der Waals surface area contributed by atoms with E-state index in [1.165, 1.54) is 16.3 Å². The Hall–Kier alpha value is -0.820. The minimum Gasteiger partial charge on any atom is -0.0856 e. The van der Waals surface area contributed by atoms with Crippen molar-refractivity contribution in [3.8, 4) is 0 Å². The molecule has 0 aromatic heterocycles. The quantitative estimate of drug-likeness (QED) is 0.697. The summed E-state index contributed by atoms with van der Waals surface area (Å²) in [6, 6.07) is 15.2. The van der Waals surface area contributed by atoms with Gasteiger partial charge in [-0.15, -0.1) is 0 Å². The Morgan fingerprint density at radius 2 is 1.67 bits per heavy atom. The van der Waals surface area contributed by atoms with E-state index in [0.717, 1.165) is 6.42 Å². The molecule has 0 radical (unpaired) electrons. The Bertz CT molecular complexity index is 466. The Labute approximate surface area is 99.4 Å². The SMILES string of the molecule is CC(C)(Br)Cc1ccc2ccccc2c1. The van der Waals surface area contributed by atoms with Gasteiger partial charge in [0.2, 0.25) is 0 Å². The second-order valence-electron chi connectivity index (χ2n) is 4.58. The lowest BCUT2D eigenvalue weighted by Gasteiger charge is -2.16. The molecule has 1 heteroatoms. The standard InChI is InChI=1S/C14H15Br/c1-14(2,15)10-11-7-8-12-5-3-4-6-13(12)9-11/h3-9H,10H2,1-2H3. The zero-order valence-corrected chi connectivity index (χ0v) is 10.7. The fourth-order valence-corrected chi connectivity index (χ4v) is 2.16. The lowest BCUT2D eigenvalue weighted by molar-refractivity contribution is 0.725. The van der Waals surface area contributed by atoms with Crippen LogP contribution in [0.2, 0.25) is 0 Å². The second-order valence-corrected chi connectivity index (χ2v) is 6.72. The molecule has 0 nitrogen and oxygen atoms in total. The van der Waals surface area contributed by atoms with Gasteiger partial charge in [-0.05, 0) is 36.6 Å². The van der Waals surface area contributed by atoms with Crippen molar-refractivity contribution >= 4 is 26.7 Å². The molecule has 0 aliphatic carbocycles. The summed E-state index contributed by atoms with van der Waals surface area (Å²) in [6.45, 7) is 4.39. The average Bonchev–Trinajstić information content (AvgIpc) is 2.15. The van der Waals surface area contributed by atoms with Crippen LogP contribution in [0, 0.1) is 0 Å². The van der Waals surface area contributed by atoms with Gasteiger partial charge in [0.15, 0.2) is 0 Å². The molecular formula is C14H15Br. The third-order valence-corrected chi connectivity index (χ3v) is 2.72. The van der Waals surface area contributed by atoms with Crippen molar-refractivity contribution in [3.63, 3.8) is 0 Å². The molecule has 2 aromatic rings. The molecule has 2 aromatic carbocycles. The molecule has 0 spiro atoms. The monoisotopic (exact) mass is 262 g/mol. The molecule has 0 saturated carbocycles. The topological polar surface area (TPSA) is 0 Å². The largest absolute Gasteiger partial charge is 0.0856 e. The number of rotatable bonds is 2. The Balaban J connectivity index is 2.39. The van der Waals surface area contributed by atoms with Gasteiger partial charge < -0.3 is 0 Å². The fraction of sp³-hybridized carbons (Fsp3) is 0.286. The summed E-state index contributed by atoms with van der Waals surface area (Å²) >= 11 is 3.68. The van der Waals surface area contributed by atoms with Crippen LogP contribution < -0.4 is 0 Å². The molecule has 0 N–H and O–H groups in total. The van der Waals surface area contributed by atoms with Crippen molar-refractivity contribution < 1.29 is 0 Å². The van der Waals surface area contributed by atoms with Crippen molar-refractivity contribution in [1.29, 1.82) is 0 Å². The van der Waals surface area contributed by atoms with Crippen molar-refractivity contribution in [2.24, 2.45) is 0 Å². The molecule has 0 unspecified atom stereocenters.